The second-order valence-corrected chi connectivity index (χ2v) is 7.01. The highest BCUT2D eigenvalue weighted by molar-refractivity contribution is 9.10. The Hall–Kier alpha value is -2.14. The number of rotatable bonds is 5. The Morgan fingerprint density at radius 2 is 1.83 bits per heavy atom. The van der Waals surface area contributed by atoms with Crippen LogP contribution in [0.25, 0.3) is 0 Å². The Morgan fingerprint density at radius 1 is 1.12 bits per heavy atom. The minimum Gasteiger partial charge on any atom is -0.346 e. The van der Waals surface area contributed by atoms with Crippen LogP contribution < -0.4 is 10.6 Å². The zero-order chi connectivity index (χ0) is 17.1. The van der Waals surface area contributed by atoms with Crippen LogP contribution in [0.2, 0.25) is 0 Å². The van der Waals surface area contributed by atoms with Gasteiger partial charge >= 0.3 is 0 Å². The van der Waals surface area contributed by atoms with E-state index in [0.717, 1.165) is 22.9 Å². The molecule has 0 radical (unpaired) electrons. The van der Waals surface area contributed by atoms with Gasteiger partial charge in [-0.25, -0.2) is 0 Å². The van der Waals surface area contributed by atoms with Crippen molar-refractivity contribution in [2.45, 2.75) is 25.8 Å². The van der Waals surface area contributed by atoms with Gasteiger partial charge in [-0.2, -0.15) is 0 Å². The average molecular weight is 387 g/mol. The molecule has 0 aliphatic heterocycles. The lowest BCUT2D eigenvalue weighted by Gasteiger charge is -2.15. The molecule has 1 fully saturated rings. The molecule has 5 heteroatoms. The molecule has 1 saturated carbocycles. The Balaban J connectivity index is 1.65. The Labute approximate surface area is 149 Å². The van der Waals surface area contributed by atoms with Crippen LogP contribution in [0.1, 0.15) is 41.7 Å². The number of hydrogen-bond acceptors (Lipinski definition) is 2. The largest absolute Gasteiger partial charge is 0.346 e. The molecule has 0 bridgehead atoms. The third-order valence-corrected chi connectivity index (χ3v) is 4.59. The van der Waals surface area contributed by atoms with Gasteiger partial charge in [0.2, 0.25) is 5.91 Å². The number of halogens is 1. The summed E-state index contributed by atoms with van der Waals surface area (Å²) in [5, 5.41) is 5.85. The summed E-state index contributed by atoms with van der Waals surface area (Å²) in [5.74, 6) is 0.0173. The van der Waals surface area contributed by atoms with Crippen molar-refractivity contribution in [1.29, 1.82) is 0 Å². The topological polar surface area (TPSA) is 58.2 Å². The number of hydrogen-bond donors (Lipinski definition) is 2. The smallest absolute Gasteiger partial charge is 0.251 e. The number of carbonyl (C=O) groups excluding carboxylic acids is 2. The SMILES string of the molecule is CC(NC(=O)c1cccc(NC(=O)C2CC2)c1)c1ccc(Br)cc1. The molecule has 24 heavy (non-hydrogen) atoms. The molecule has 0 heterocycles. The van der Waals surface area contributed by atoms with Gasteiger partial charge in [0.05, 0.1) is 6.04 Å². The lowest BCUT2D eigenvalue weighted by Crippen LogP contribution is -2.26. The quantitative estimate of drug-likeness (QED) is 0.804. The molecule has 1 aliphatic rings. The van der Waals surface area contributed by atoms with Crippen molar-refractivity contribution in [3.05, 3.63) is 64.1 Å². The van der Waals surface area contributed by atoms with E-state index in [1.165, 1.54) is 0 Å². The third-order valence-electron chi connectivity index (χ3n) is 4.06. The normalized spacial score (nSPS) is 14.8. The molecule has 124 valence electrons. The first-order valence-corrected chi connectivity index (χ1v) is 8.79. The summed E-state index contributed by atoms with van der Waals surface area (Å²) in [6.07, 6.45) is 1.91. The van der Waals surface area contributed by atoms with Crippen molar-refractivity contribution in [2.75, 3.05) is 5.32 Å². The van der Waals surface area contributed by atoms with Crippen LogP contribution in [-0.2, 0) is 4.79 Å². The van der Waals surface area contributed by atoms with Crippen LogP contribution in [0.3, 0.4) is 0 Å². The fourth-order valence-corrected chi connectivity index (χ4v) is 2.71. The van der Waals surface area contributed by atoms with Crippen LogP contribution in [-0.4, -0.2) is 11.8 Å². The number of amides is 2. The minimum absolute atomic E-state index is 0.0378. The highest BCUT2D eigenvalue weighted by Crippen LogP contribution is 2.30. The summed E-state index contributed by atoms with van der Waals surface area (Å²) >= 11 is 3.40. The number of carbonyl (C=O) groups is 2. The lowest BCUT2D eigenvalue weighted by atomic mass is 10.1. The van der Waals surface area contributed by atoms with Crippen LogP contribution in [0.4, 0.5) is 5.69 Å². The number of nitrogens with one attached hydrogen (secondary N) is 2. The molecular formula is C19H19BrN2O2. The van der Waals surface area contributed by atoms with Gasteiger partial charge in [-0.05, 0) is 55.7 Å². The average Bonchev–Trinajstić information content (AvgIpc) is 3.40. The molecule has 2 amide bonds. The molecular weight excluding hydrogens is 368 g/mol. The van der Waals surface area contributed by atoms with Gasteiger partial charge in [0.25, 0.3) is 5.91 Å². The summed E-state index contributed by atoms with van der Waals surface area (Å²) in [6, 6.07) is 14.8. The van der Waals surface area contributed by atoms with Crippen molar-refractivity contribution in [3.63, 3.8) is 0 Å². The monoisotopic (exact) mass is 386 g/mol. The van der Waals surface area contributed by atoms with Gasteiger partial charge in [0.15, 0.2) is 0 Å². The molecule has 2 aromatic rings. The van der Waals surface area contributed by atoms with Gasteiger partial charge in [0, 0.05) is 21.6 Å². The first-order chi connectivity index (χ1) is 11.5. The number of benzene rings is 2. The maximum Gasteiger partial charge on any atom is 0.251 e. The van der Waals surface area contributed by atoms with E-state index in [1.807, 2.05) is 31.2 Å². The van der Waals surface area contributed by atoms with Crippen LogP contribution in [0.15, 0.2) is 53.0 Å². The van der Waals surface area contributed by atoms with E-state index >= 15 is 0 Å². The highest BCUT2D eigenvalue weighted by atomic mass is 79.9. The van der Waals surface area contributed by atoms with Crippen molar-refractivity contribution in [1.82, 2.24) is 5.32 Å². The zero-order valence-electron chi connectivity index (χ0n) is 13.4. The third kappa shape index (κ3) is 4.23. The summed E-state index contributed by atoms with van der Waals surface area (Å²) in [6.45, 7) is 1.94. The fraction of sp³-hybridized carbons (Fsp3) is 0.263. The van der Waals surface area contributed by atoms with E-state index in [4.69, 9.17) is 0 Å². The predicted octanol–water partition coefficient (Wildman–Crippen LogP) is 4.29. The summed E-state index contributed by atoms with van der Waals surface area (Å²) in [5.41, 5.74) is 2.23. The fourth-order valence-electron chi connectivity index (χ4n) is 2.44. The van der Waals surface area contributed by atoms with Crippen LogP contribution in [0, 0.1) is 5.92 Å². The molecule has 1 aliphatic carbocycles. The van der Waals surface area contributed by atoms with Crippen molar-refractivity contribution >= 4 is 33.4 Å². The van der Waals surface area contributed by atoms with E-state index in [2.05, 4.69) is 26.6 Å². The first-order valence-electron chi connectivity index (χ1n) is 8.00. The summed E-state index contributed by atoms with van der Waals surface area (Å²) < 4.78 is 1.00. The van der Waals surface area contributed by atoms with E-state index in [0.29, 0.717) is 11.3 Å². The van der Waals surface area contributed by atoms with Gasteiger partial charge in [-0.3, -0.25) is 9.59 Å². The van der Waals surface area contributed by atoms with Crippen molar-refractivity contribution in [2.24, 2.45) is 5.92 Å². The number of anilines is 1. The molecule has 1 atom stereocenters. The van der Waals surface area contributed by atoms with E-state index < -0.39 is 0 Å². The summed E-state index contributed by atoms with van der Waals surface area (Å²) in [7, 11) is 0. The molecule has 4 nitrogen and oxygen atoms in total. The Morgan fingerprint density at radius 3 is 2.50 bits per heavy atom. The van der Waals surface area contributed by atoms with E-state index in [9.17, 15) is 9.59 Å². The van der Waals surface area contributed by atoms with Gasteiger partial charge in [-0.1, -0.05) is 34.1 Å². The molecule has 1 unspecified atom stereocenters. The van der Waals surface area contributed by atoms with Crippen LogP contribution >= 0.6 is 15.9 Å². The molecule has 0 spiro atoms. The van der Waals surface area contributed by atoms with Gasteiger partial charge < -0.3 is 10.6 Å². The predicted molar refractivity (Wildman–Crippen MR) is 97.8 cm³/mol. The van der Waals surface area contributed by atoms with E-state index in [1.54, 1.807) is 24.3 Å². The van der Waals surface area contributed by atoms with Gasteiger partial charge in [0.1, 0.15) is 0 Å². The highest BCUT2D eigenvalue weighted by Gasteiger charge is 2.29. The second kappa shape index (κ2) is 7.18. The maximum absolute atomic E-state index is 12.4. The summed E-state index contributed by atoms with van der Waals surface area (Å²) in [4.78, 5) is 24.3. The minimum atomic E-state index is -0.159. The van der Waals surface area contributed by atoms with Crippen molar-refractivity contribution < 1.29 is 9.59 Å². The first kappa shape index (κ1) is 16.7. The maximum atomic E-state index is 12.4. The lowest BCUT2D eigenvalue weighted by molar-refractivity contribution is -0.117. The molecule has 0 saturated heterocycles. The standard InChI is InChI=1S/C19H19BrN2O2/c1-12(13-7-9-16(20)10-8-13)21-19(24)15-3-2-4-17(11-15)22-18(23)14-5-6-14/h2-4,7-12,14H,5-6H2,1H3,(H,21,24)(H,22,23). The van der Waals surface area contributed by atoms with Crippen LogP contribution in [0.5, 0.6) is 0 Å². The van der Waals surface area contributed by atoms with Gasteiger partial charge in [-0.15, -0.1) is 0 Å². The zero-order valence-corrected chi connectivity index (χ0v) is 15.0. The molecule has 2 aromatic carbocycles. The molecule has 3 rings (SSSR count). The molecule has 2 N–H and O–H groups in total. The van der Waals surface area contributed by atoms with E-state index in [-0.39, 0.29) is 23.8 Å². The Kier molecular flexibility index (Phi) is 5.00. The molecule has 0 aromatic heterocycles. The van der Waals surface area contributed by atoms with Crippen molar-refractivity contribution in [3.8, 4) is 0 Å². The second-order valence-electron chi connectivity index (χ2n) is 6.09. The Bertz CT molecular complexity index is 754.